The van der Waals surface area contributed by atoms with Gasteiger partial charge in [0, 0.05) is 0 Å². The van der Waals surface area contributed by atoms with Crippen molar-refractivity contribution in [3.63, 3.8) is 0 Å². The predicted molar refractivity (Wildman–Crippen MR) is 20.0 cm³/mol. The van der Waals surface area contributed by atoms with Gasteiger partial charge in [0.1, 0.15) is 0 Å². The molecule has 6 heavy (non-hydrogen) atoms. The Kier molecular flexibility index (Phi) is 4.36. The van der Waals surface area contributed by atoms with E-state index >= 15 is 0 Å². The molecule has 0 heterocycles. The van der Waals surface area contributed by atoms with Crippen molar-refractivity contribution in [3.05, 3.63) is 6.92 Å². The first kappa shape index (κ1) is 9.75. The molecule has 0 aromatic rings. The van der Waals surface area contributed by atoms with Crippen LogP contribution in [0.5, 0.6) is 0 Å². The van der Waals surface area contributed by atoms with E-state index in [0.717, 1.165) is 0 Å². The second-order valence-electron chi connectivity index (χ2n) is 0.615. The first-order valence-corrected chi connectivity index (χ1v) is 0.921. The van der Waals surface area contributed by atoms with E-state index in [2.05, 4.69) is 0 Å². The summed E-state index contributed by atoms with van der Waals surface area (Å²) in [6, 6.07) is 0. The average molecular weight is 109 g/mol. The minimum absolute atomic E-state index is 0. The Hall–Kier alpha value is 0.556. The molecule has 0 fully saturated rings. The third-order valence-corrected chi connectivity index (χ3v) is 0. The molecule has 1 radical (unpaired) electrons. The van der Waals surface area contributed by atoms with Crippen LogP contribution in [0.2, 0.25) is 0 Å². The predicted octanol–water partition coefficient (Wildman–Crippen LogP) is 0.467. The van der Waals surface area contributed by atoms with Crippen molar-refractivity contribution < 1.29 is 13.2 Å². The van der Waals surface area contributed by atoms with E-state index in [0.29, 0.717) is 0 Å². The van der Waals surface area contributed by atoms with Gasteiger partial charge in [-0.2, -0.15) is 13.2 Å². The lowest BCUT2D eigenvalue weighted by atomic mass is 10.8. The van der Waals surface area contributed by atoms with Crippen LogP contribution in [-0.2, 0) is 0 Å². The molecule has 4 heteroatoms. The Bertz CT molecular complexity index is 24.3. The SMILES string of the molecule is [CH2]C(F)(F)F.[MgH2]. The van der Waals surface area contributed by atoms with Crippen molar-refractivity contribution in [2.75, 3.05) is 0 Å². The summed E-state index contributed by atoms with van der Waals surface area (Å²) in [5.74, 6) is 0. The third kappa shape index (κ3) is 186. The second-order valence-corrected chi connectivity index (χ2v) is 0.615. The van der Waals surface area contributed by atoms with E-state index in [1.54, 1.807) is 6.92 Å². The molecular formula is C2H4F3Mg. The molecule has 0 amide bonds. The summed E-state index contributed by atoms with van der Waals surface area (Å²) in [6.45, 7) is 1.77. The Morgan fingerprint density at radius 1 is 1.17 bits per heavy atom. The molecule has 0 rings (SSSR count). The molecule has 0 unspecified atom stereocenters. The van der Waals surface area contributed by atoms with Crippen LogP contribution in [0, 0.1) is 6.92 Å². The maximum atomic E-state index is 10.2. The van der Waals surface area contributed by atoms with Gasteiger partial charge in [-0.25, -0.2) is 0 Å². The Morgan fingerprint density at radius 2 is 1.17 bits per heavy atom. The minimum atomic E-state index is -4.25. The summed E-state index contributed by atoms with van der Waals surface area (Å²) in [4.78, 5) is 0. The summed E-state index contributed by atoms with van der Waals surface area (Å²) >= 11 is 0. The molecule has 35 valence electrons. The summed E-state index contributed by atoms with van der Waals surface area (Å²) in [5, 5.41) is 0. The molecule has 0 N–H and O–H groups in total. The molecule has 0 aliphatic rings. The Morgan fingerprint density at radius 3 is 1.17 bits per heavy atom. The number of hydrogen-bond acceptors (Lipinski definition) is 0. The number of hydrogen-bond donors (Lipinski definition) is 0. The van der Waals surface area contributed by atoms with Crippen LogP contribution >= 0.6 is 0 Å². The van der Waals surface area contributed by atoms with Crippen LogP contribution in [0.3, 0.4) is 0 Å². The molecule has 0 aliphatic carbocycles. The summed E-state index contributed by atoms with van der Waals surface area (Å²) in [5.41, 5.74) is 0. The highest BCUT2D eigenvalue weighted by Gasteiger charge is 2.16. The van der Waals surface area contributed by atoms with E-state index in [4.69, 9.17) is 0 Å². The largest absolute Gasteiger partial charge is 0.389 e. The topological polar surface area (TPSA) is 0 Å². The van der Waals surface area contributed by atoms with Crippen LogP contribution in [0.1, 0.15) is 0 Å². The van der Waals surface area contributed by atoms with Crippen LogP contribution in [0.4, 0.5) is 13.2 Å². The highest BCUT2D eigenvalue weighted by molar-refractivity contribution is 5.75. The van der Waals surface area contributed by atoms with Gasteiger partial charge < -0.3 is 0 Å². The van der Waals surface area contributed by atoms with E-state index in [-0.39, 0.29) is 23.1 Å². The molecule has 0 nitrogen and oxygen atoms in total. The van der Waals surface area contributed by atoms with E-state index in [1.165, 1.54) is 0 Å². The van der Waals surface area contributed by atoms with Crippen molar-refractivity contribution in [1.29, 1.82) is 0 Å². The number of rotatable bonds is 0. The summed E-state index contributed by atoms with van der Waals surface area (Å²) in [6.07, 6.45) is -4.25. The zero-order valence-electron chi connectivity index (χ0n) is 2.34. The minimum Gasteiger partial charge on any atom is -0.171 e. The zero-order chi connectivity index (χ0) is 4.50. The lowest BCUT2D eigenvalue weighted by molar-refractivity contribution is -0.0829. The van der Waals surface area contributed by atoms with Crippen molar-refractivity contribution in [2.24, 2.45) is 0 Å². The van der Waals surface area contributed by atoms with E-state index in [1.807, 2.05) is 0 Å². The molecule has 0 bridgehead atoms. The molecule has 0 aromatic carbocycles. The maximum Gasteiger partial charge on any atom is 0.389 e. The van der Waals surface area contributed by atoms with Crippen molar-refractivity contribution >= 4 is 23.1 Å². The fourth-order valence-corrected chi connectivity index (χ4v) is 0. The normalized spacial score (nSPS) is 10.0. The highest BCUT2D eigenvalue weighted by atomic mass is 24.3. The fraction of sp³-hybridized carbons (Fsp3) is 0.500. The van der Waals surface area contributed by atoms with Gasteiger partial charge in [0.15, 0.2) is 0 Å². The van der Waals surface area contributed by atoms with Gasteiger partial charge in [-0.05, 0) is 0 Å². The molecule has 0 aliphatic heterocycles. The standard InChI is InChI=1S/C2H2F3.Mg.2H/c1-2(3,4)5;;;/h1H2;;;. The monoisotopic (exact) mass is 109 g/mol. The van der Waals surface area contributed by atoms with E-state index in [9.17, 15) is 13.2 Å². The van der Waals surface area contributed by atoms with Crippen LogP contribution in [0.25, 0.3) is 0 Å². The molecule has 0 aromatic heterocycles. The van der Waals surface area contributed by atoms with Crippen molar-refractivity contribution in [2.45, 2.75) is 6.18 Å². The Balaban J connectivity index is 0. The van der Waals surface area contributed by atoms with Crippen LogP contribution in [-0.4, -0.2) is 29.2 Å². The smallest absolute Gasteiger partial charge is 0.171 e. The zero-order valence-corrected chi connectivity index (χ0v) is 2.34. The van der Waals surface area contributed by atoms with E-state index < -0.39 is 6.18 Å². The fourth-order valence-electron chi connectivity index (χ4n) is 0. The molecular weight excluding hydrogens is 105 g/mol. The molecule has 0 saturated heterocycles. The van der Waals surface area contributed by atoms with Crippen LogP contribution in [0.15, 0.2) is 0 Å². The molecule has 0 saturated carbocycles. The van der Waals surface area contributed by atoms with Gasteiger partial charge in [-0.15, -0.1) is 0 Å². The van der Waals surface area contributed by atoms with Gasteiger partial charge in [-0.1, -0.05) is 0 Å². The maximum absolute atomic E-state index is 10.2. The summed E-state index contributed by atoms with van der Waals surface area (Å²) in [7, 11) is 0. The average Bonchev–Trinajstić information content (AvgIpc) is 0.722. The number of alkyl halides is 3. The summed E-state index contributed by atoms with van der Waals surface area (Å²) < 4.78 is 30.7. The lowest BCUT2D eigenvalue weighted by Crippen LogP contribution is -1.96. The first-order chi connectivity index (χ1) is 2.00. The second kappa shape index (κ2) is 2.68. The van der Waals surface area contributed by atoms with Gasteiger partial charge in [-0.3, -0.25) is 0 Å². The Labute approximate surface area is 49.9 Å². The third-order valence-electron chi connectivity index (χ3n) is 0. The van der Waals surface area contributed by atoms with Gasteiger partial charge in [0.05, 0.1) is 6.92 Å². The van der Waals surface area contributed by atoms with Gasteiger partial charge >= 0.3 is 29.2 Å². The highest BCUT2D eigenvalue weighted by Crippen LogP contribution is 2.09. The molecule has 0 spiro atoms. The van der Waals surface area contributed by atoms with Gasteiger partial charge in [0.25, 0.3) is 0 Å². The number of halogens is 3. The molecule has 0 atom stereocenters. The van der Waals surface area contributed by atoms with Gasteiger partial charge in [0.2, 0.25) is 0 Å². The first-order valence-electron chi connectivity index (χ1n) is 0.921. The quantitative estimate of drug-likeness (QED) is 0.397. The lowest BCUT2D eigenvalue weighted by Gasteiger charge is -1.88. The van der Waals surface area contributed by atoms with Crippen molar-refractivity contribution in [3.8, 4) is 0 Å². The van der Waals surface area contributed by atoms with Crippen molar-refractivity contribution in [1.82, 2.24) is 0 Å². The van der Waals surface area contributed by atoms with Crippen LogP contribution < -0.4 is 0 Å².